The van der Waals surface area contributed by atoms with Crippen molar-refractivity contribution in [2.45, 2.75) is 12.8 Å². The Balaban J connectivity index is 0.00000133. The summed E-state index contributed by atoms with van der Waals surface area (Å²) in [7, 11) is 0. The van der Waals surface area contributed by atoms with Crippen molar-refractivity contribution in [3.8, 4) is 0 Å². The lowest BCUT2D eigenvalue weighted by Gasteiger charge is -2.20. The standard InChI is InChI=1S/C13H14BrN3S.BrH/c14-11-5-3-10(4-6-11)12-9-18-13(16-15-12)17-7-1-2-8-17;/h3-6H,1-2,7-9H2;1H. The first-order valence-corrected chi connectivity index (χ1v) is 7.89. The number of benzene rings is 1. The third-order valence-corrected chi connectivity index (χ3v) is 4.69. The van der Waals surface area contributed by atoms with E-state index in [0.29, 0.717) is 0 Å². The van der Waals surface area contributed by atoms with Crippen LogP contribution in [0.1, 0.15) is 18.4 Å². The highest BCUT2D eigenvalue weighted by Gasteiger charge is 2.20. The van der Waals surface area contributed by atoms with E-state index in [1.807, 2.05) is 12.1 Å². The van der Waals surface area contributed by atoms with Gasteiger partial charge >= 0.3 is 0 Å². The van der Waals surface area contributed by atoms with Gasteiger partial charge in [0.2, 0.25) is 0 Å². The Morgan fingerprint density at radius 2 is 1.74 bits per heavy atom. The van der Waals surface area contributed by atoms with E-state index in [0.717, 1.165) is 39.8 Å². The summed E-state index contributed by atoms with van der Waals surface area (Å²) in [4.78, 5) is 2.34. The van der Waals surface area contributed by atoms with Gasteiger partial charge in [-0.05, 0) is 30.5 Å². The van der Waals surface area contributed by atoms with Crippen molar-refractivity contribution < 1.29 is 0 Å². The summed E-state index contributed by atoms with van der Waals surface area (Å²) in [5.74, 6) is 0.914. The molecule has 0 amide bonds. The maximum Gasteiger partial charge on any atom is 0.186 e. The molecule has 0 bridgehead atoms. The minimum Gasteiger partial charge on any atom is -0.350 e. The number of halogens is 2. The molecule has 2 heterocycles. The first-order chi connectivity index (χ1) is 8.83. The summed E-state index contributed by atoms with van der Waals surface area (Å²) in [6.07, 6.45) is 2.56. The van der Waals surface area contributed by atoms with E-state index in [-0.39, 0.29) is 17.0 Å². The van der Waals surface area contributed by atoms with E-state index in [1.165, 1.54) is 12.8 Å². The van der Waals surface area contributed by atoms with Gasteiger partial charge in [0, 0.05) is 23.3 Å². The van der Waals surface area contributed by atoms with Crippen molar-refractivity contribution in [3.63, 3.8) is 0 Å². The molecular formula is C13H15Br2N3S. The van der Waals surface area contributed by atoms with Crippen LogP contribution in [0.3, 0.4) is 0 Å². The SMILES string of the molecule is Br.Brc1ccc(C2=NN=C(N3CCCC3)SC2)cc1. The highest BCUT2D eigenvalue weighted by atomic mass is 79.9. The van der Waals surface area contributed by atoms with Crippen molar-refractivity contribution in [2.24, 2.45) is 10.2 Å². The molecule has 19 heavy (non-hydrogen) atoms. The lowest BCUT2D eigenvalue weighted by atomic mass is 10.1. The lowest BCUT2D eigenvalue weighted by Crippen LogP contribution is -2.27. The number of hydrogen-bond acceptors (Lipinski definition) is 4. The van der Waals surface area contributed by atoms with Gasteiger partial charge in [-0.2, -0.15) is 5.10 Å². The Bertz CT molecular complexity index is 493. The van der Waals surface area contributed by atoms with E-state index >= 15 is 0 Å². The monoisotopic (exact) mass is 403 g/mol. The van der Waals surface area contributed by atoms with E-state index in [9.17, 15) is 0 Å². The third-order valence-electron chi connectivity index (χ3n) is 3.15. The Labute approximate surface area is 136 Å². The minimum absolute atomic E-state index is 0. The van der Waals surface area contributed by atoms with Crippen LogP contribution in [0, 0.1) is 0 Å². The predicted octanol–water partition coefficient (Wildman–Crippen LogP) is 3.93. The van der Waals surface area contributed by atoms with Crippen molar-refractivity contribution in [2.75, 3.05) is 18.8 Å². The highest BCUT2D eigenvalue weighted by Crippen LogP contribution is 2.22. The van der Waals surface area contributed by atoms with Crippen molar-refractivity contribution in [1.29, 1.82) is 0 Å². The van der Waals surface area contributed by atoms with Crippen molar-refractivity contribution in [1.82, 2.24) is 4.90 Å². The predicted molar refractivity (Wildman–Crippen MR) is 91.7 cm³/mol. The average Bonchev–Trinajstić information content (AvgIpc) is 2.94. The zero-order chi connectivity index (χ0) is 12.4. The molecule has 0 aliphatic carbocycles. The molecule has 1 aromatic carbocycles. The van der Waals surface area contributed by atoms with Gasteiger partial charge in [0.25, 0.3) is 0 Å². The molecule has 102 valence electrons. The number of hydrogen-bond donors (Lipinski definition) is 0. The summed E-state index contributed by atoms with van der Waals surface area (Å²) in [5.41, 5.74) is 2.23. The Kier molecular flexibility index (Phi) is 5.47. The van der Waals surface area contributed by atoms with Gasteiger partial charge in [-0.25, -0.2) is 0 Å². The number of amidine groups is 1. The Morgan fingerprint density at radius 3 is 2.32 bits per heavy atom. The second-order valence-corrected chi connectivity index (χ2v) is 6.28. The molecule has 1 fully saturated rings. The van der Waals surface area contributed by atoms with Crippen molar-refractivity contribution >= 4 is 55.6 Å². The van der Waals surface area contributed by atoms with E-state index in [2.05, 4.69) is 43.2 Å². The molecule has 0 saturated carbocycles. The maximum absolute atomic E-state index is 4.38. The van der Waals surface area contributed by atoms with Gasteiger partial charge in [0.05, 0.1) is 5.71 Å². The normalized spacial score (nSPS) is 18.7. The van der Waals surface area contributed by atoms with Gasteiger partial charge in [0.15, 0.2) is 5.17 Å². The first-order valence-electron chi connectivity index (χ1n) is 6.11. The summed E-state index contributed by atoms with van der Waals surface area (Å²) in [6, 6.07) is 8.25. The average molecular weight is 405 g/mol. The molecule has 1 saturated heterocycles. The number of likely N-dealkylation sites (tertiary alicyclic amines) is 1. The van der Waals surface area contributed by atoms with Gasteiger partial charge in [-0.1, -0.05) is 39.8 Å². The lowest BCUT2D eigenvalue weighted by molar-refractivity contribution is 0.528. The third kappa shape index (κ3) is 3.61. The van der Waals surface area contributed by atoms with Gasteiger partial charge in [0.1, 0.15) is 0 Å². The smallest absolute Gasteiger partial charge is 0.186 e. The van der Waals surface area contributed by atoms with Crippen LogP contribution >= 0.6 is 44.7 Å². The molecule has 2 aliphatic rings. The molecule has 0 radical (unpaired) electrons. The van der Waals surface area contributed by atoms with E-state index in [1.54, 1.807) is 11.8 Å². The summed E-state index contributed by atoms with van der Waals surface area (Å²) >= 11 is 5.25. The topological polar surface area (TPSA) is 28.0 Å². The van der Waals surface area contributed by atoms with Crippen molar-refractivity contribution in [3.05, 3.63) is 34.3 Å². The molecular weight excluding hydrogens is 390 g/mol. The van der Waals surface area contributed by atoms with Crippen LogP contribution in [0.2, 0.25) is 0 Å². The molecule has 0 spiro atoms. The molecule has 3 nitrogen and oxygen atoms in total. The Morgan fingerprint density at radius 1 is 1.05 bits per heavy atom. The zero-order valence-electron chi connectivity index (χ0n) is 10.4. The summed E-state index contributed by atoms with van der Waals surface area (Å²) in [6.45, 7) is 2.27. The van der Waals surface area contributed by atoms with Crippen LogP contribution in [-0.4, -0.2) is 34.6 Å². The van der Waals surface area contributed by atoms with Gasteiger partial charge in [-0.3, -0.25) is 0 Å². The summed E-state index contributed by atoms with van der Waals surface area (Å²) < 4.78 is 1.09. The van der Waals surface area contributed by atoms with E-state index in [4.69, 9.17) is 0 Å². The number of thioether (sulfide) groups is 1. The molecule has 0 unspecified atom stereocenters. The first kappa shape index (κ1) is 15.1. The van der Waals surface area contributed by atoms with Crippen LogP contribution in [0.15, 0.2) is 38.9 Å². The molecule has 0 atom stereocenters. The quantitative estimate of drug-likeness (QED) is 0.709. The zero-order valence-corrected chi connectivity index (χ0v) is 14.5. The number of rotatable bonds is 1. The molecule has 0 N–H and O–H groups in total. The van der Waals surface area contributed by atoms with Crippen LogP contribution in [0.4, 0.5) is 0 Å². The van der Waals surface area contributed by atoms with Crippen LogP contribution < -0.4 is 0 Å². The second kappa shape index (κ2) is 6.90. The fraction of sp³-hybridized carbons (Fsp3) is 0.385. The van der Waals surface area contributed by atoms with Crippen LogP contribution in [0.5, 0.6) is 0 Å². The number of nitrogens with zero attached hydrogens (tertiary/aromatic N) is 3. The molecule has 1 aromatic rings. The largest absolute Gasteiger partial charge is 0.350 e. The fourth-order valence-electron chi connectivity index (χ4n) is 2.14. The highest BCUT2D eigenvalue weighted by molar-refractivity contribution is 9.10. The molecule has 6 heteroatoms. The molecule has 2 aliphatic heterocycles. The minimum atomic E-state index is 0. The van der Waals surface area contributed by atoms with Crippen LogP contribution in [0.25, 0.3) is 0 Å². The van der Waals surface area contributed by atoms with E-state index < -0.39 is 0 Å². The summed E-state index contributed by atoms with van der Waals surface area (Å²) in [5, 5.41) is 9.85. The fourth-order valence-corrected chi connectivity index (χ4v) is 3.36. The van der Waals surface area contributed by atoms with Gasteiger partial charge in [-0.15, -0.1) is 22.1 Å². The van der Waals surface area contributed by atoms with Gasteiger partial charge < -0.3 is 4.90 Å². The molecule has 3 rings (SSSR count). The maximum atomic E-state index is 4.38. The second-order valence-electron chi connectivity index (χ2n) is 4.42. The van der Waals surface area contributed by atoms with Crippen LogP contribution in [-0.2, 0) is 0 Å². The molecule has 0 aromatic heterocycles. The Hall–Kier alpha value is -0.330.